The van der Waals surface area contributed by atoms with E-state index in [1.165, 1.54) is 0 Å². The van der Waals surface area contributed by atoms with Gasteiger partial charge in [0.1, 0.15) is 5.54 Å². The molecule has 0 saturated carbocycles. The van der Waals surface area contributed by atoms with Crippen molar-refractivity contribution >= 4 is 5.78 Å². The summed E-state index contributed by atoms with van der Waals surface area (Å²) in [7, 11) is 0. The number of unbranched alkanes of at least 4 members (excludes halogenated alkanes) is 1. The standard InChI is InChI=1S/C13H23N3O/c1-6-7-8-12(17)13(4,5)16-9-11(10(2)3)14-15-16/h9-10H,6-8H2,1-5H3. The first-order chi connectivity index (χ1) is 7.89. The molecule has 1 heterocycles. The van der Waals surface area contributed by atoms with Crippen LogP contribution in [0.2, 0.25) is 0 Å². The minimum Gasteiger partial charge on any atom is -0.297 e. The van der Waals surface area contributed by atoms with Crippen LogP contribution in [-0.2, 0) is 10.3 Å². The van der Waals surface area contributed by atoms with Crippen molar-refractivity contribution in [1.82, 2.24) is 15.0 Å². The summed E-state index contributed by atoms with van der Waals surface area (Å²) in [5.41, 5.74) is 0.344. The molecule has 0 bridgehead atoms. The lowest BCUT2D eigenvalue weighted by Crippen LogP contribution is -2.36. The van der Waals surface area contributed by atoms with Gasteiger partial charge in [0.15, 0.2) is 5.78 Å². The summed E-state index contributed by atoms with van der Waals surface area (Å²) >= 11 is 0. The molecule has 0 atom stereocenters. The maximum Gasteiger partial charge on any atom is 0.159 e. The van der Waals surface area contributed by atoms with Crippen molar-refractivity contribution in [2.24, 2.45) is 0 Å². The van der Waals surface area contributed by atoms with Gasteiger partial charge in [-0.2, -0.15) is 0 Å². The van der Waals surface area contributed by atoms with Gasteiger partial charge < -0.3 is 0 Å². The number of ketones is 1. The number of hydrogen-bond donors (Lipinski definition) is 0. The van der Waals surface area contributed by atoms with E-state index in [0.717, 1.165) is 18.5 Å². The normalized spacial score (nSPS) is 12.1. The maximum absolute atomic E-state index is 12.1. The zero-order chi connectivity index (χ0) is 13.1. The van der Waals surface area contributed by atoms with E-state index in [9.17, 15) is 4.79 Å². The molecule has 4 heteroatoms. The van der Waals surface area contributed by atoms with E-state index in [1.807, 2.05) is 20.0 Å². The second-order valence-electron chi connectivity index (χ2n) is 5.33. The van der Waals surface area contributed by atoms with Gasteiger partial charge in [-0.05, 0) is 26.2 Å². The average molecular weight is 237 g/mol. The second-order valence-corrected chi connectivity index (χ2v) is 5.33. The van der Waals surface area contributed by atoms with E-state index < -0.39 is 5.54 Å². The van der Waals surface area contributed by atoms with Crippen molar-refractivity contribution in [3.63, 3.8) is 0 Å². The highest BCUT2D eigenvalue weighted by Crippen LogP contribution is 2.20. The lowest BCUT2D eigenvalue weighted by Gasteiger charge is -2.22. The smallest absolute Gasteiger partial charge is 0.159 e. The van der Waals surface area contributed by atoms with Gasteiger partial charge in [0.2, 0.25) is 0 Å². The molecule has 1 aromatic rings. The van der Waals surface area contributed by atoms with Crippen LogP contribution in [-0.4, -0.2) is 20.8 Å². The lowest BCUT2D eigenvalue weighted by atomic mass is 9.95. The second kappa shape index (κ2) is 5.43. The largest absolute Gasteiger partial charge is 0.297 e. The number of carbonyl (C=O) groups is 1. The monoisotopic (exact) mass is 237 g/mol. The zero-order valence-corrected chi connectivity index (χ0v) is 11.5. The Morgan fingerprint density at radius 3 is 2.59 bits per heavy atom. The van der Waals surface area contributed by atoms with Crippen molar-refractivity contribution in [3.05, 3.63) is 11.9 Å². The first kappa shape index (κ1) is 13.9. The van der Waals surface area contributed by atoms with Crippen LogP contribution in [0.5, 0.6) is 0 Å². The Morgan fingerprint density at radius 2 is 2.12 bits per heavy atom. The third-order valence-corrected chi connectivity index (χ3v) is 3.12. The number of aromatic nitrogens is 3. The number of hydrogen-bond acceptors (Lipinski definition) is 3. The van der Waals surface area contributed by atoms with E-state index in [1.54, 1.807) is 4.68 Å². The molecule has 0 aliphatic rings. The van der Waals surface area contributed by atoms with Gasteiger partial charge in [0, 0.05) is 12.6 Å². The number of rotatable bonds is 6. The summed E-state index contributed by atoms with van der Waals surface area (Å²) in [5.74, 6) is 0.560. The fourth-order valence-corrected chi connectivity index (χ4v) is 1.59. The Balaban J connectivity index is 2.84. The SMILES string of the molecule is CCCCC(=O)C(C)(C)n1cc(C(C)C)nn1. The molecule has 0 N–H and O–H groups in total. The van der Waals surface area contributed by atoms with Crippen LogP contribution in [0.25, 0.3) is 0 Å². The Kier molecular flexibility index (Phi) is 4.43. The third-order valence-electron chi connectivity index (χ3n) is 3.12. The predicted molar refractivity (Wildman–Crippen MR) is 68.0 cm³/mol. The van der Waals surface area contributed by atoms with Gasteiger partial charge in [-0.25, -0.2) is 4.68 Å². The molecule has 0 amide bonds. The molecule has 1 rings (SSSR count). The molecule has 0 unspecified atom stereocenters. The summed E-state index contributed by atoms with van der Waals surface area (Å²) in [6.45, 7) is 10.0. The quantitative estimate of drug-likeness (QED) is 0.764. The molecule has 0 saturated heterocycles. The molecule has 0 spiro atoms. The molecule has 4 nitrogen and oxygen atoms in total. The number of Topliss-reactive ketones (excluding diaryl/α,β-unsaturated/α-hetero) is 1. The fourth-order valence-electron chi connectivity index (χ4n) is 1.59. The summed E-state index contributed by atoms with van der Waals surface area (Å²) in [6, 6.07) is 0. The molecular weight excluding hydrogens is 214 g/mol. The fraction of sp³-hybridized carbons (Fsp3) is 0.769. The van der Waals surface area contributed by atoms with Crippen LogP contribution in [0.15, 0.2) is 6.20 Å². The highest BCUT2D eigenvalue weighted by Gasteiger charge is 2.30. The number of nitrogens with zero attached hydrogens (tertiary/aromatic N) is 3. The molecule has 1 aromatic heterocycles. The van der Waals surface area contributed by atoms with Gasteiger partial charge in [0.05, 0.1) is 5.69 Å². The van der Waals surface area contributed by atoms with Crippen molar-refractivity contribution in [1.29, 1.82) is 0 Å². The molecule has 17 heavy (non-hydrogen) atoms. The van der Waals surface area contributed by atoms with Crippen molar-refractivity contribution < 1.29 is 4.79 Å². The first-order valence-electron chi connectivity index (χ1n) is 6.35. The van der Waals surface area contributed by atoms with Crippen LogP contribution in [0.4, 0.5) is 0 Å². The summed E-state index contributed by atoms with van der Waals surface area (Å²) in [5, 5.41) is 8.19. The predicted octanol–water partition coefficient (Wildman–Crippen LogP) is 2.90. The minimum absolute atomic E-state index is 0.222. The summed E-state index contributed by atoms with van der Waals surface area (Å²) in [4.78, 5) is 12.1. The molecule has 0 fully saturated rings. The Labute approximate surface area is 103 Å². The Hall–Kier alpha value is -1.19. The highest BCUT2D eigenvalue weighted by atomic mass is 16.1. The van der Waals surface area contributed by atoms with Crippen molar-refractivity contribution in [2.45, 2.75) is 65.3 Å². The van der Waals surface area contributed by atoms with E-state index in [-0.39, 0.29) is 5.78 Å². The summed E-state index contributed by atoms with van der Waals surface area (Å²) in [6.07, 6.45) is 4.47. The van der Waals surface area contributed by atoms with E-state index in [0.29, 0.717) is 12.3 Å². The van der Waals surface area contributed by atoms with Crippen molar-refractivity contribution in [3.8, 4) is 0 Å². The highest BCUT2D eigenvalue weighted by molar-refractivity contribution is 5.85. The van der Waals surface area contributed by atoms with Gasteiger partial charge >= 0.3 is 0 Å². The van der Waals surface area contributed by atoms with Gasteiger partial charge in [-0.1, -0.05) is 32.4 Å². The molecule has 0 aliphatic heterocycles. The van der Waals surface area contributed by atoms with Crippen LogP contribution < -0.4 is 0 Å². The average Bonchev–Trinajstić information content (AvgIpc) is 2.75. The molecule has 0 aliphatic carbocycles. The first-order valence-corrected chi connectivity index (χ1v) is 6.35. The van der Waals surface area contributed by atoms with E-state index in [2.05, 4.69) is 31.1 Å². The molecule has 0 radical (unpaired) electrons. The van der Waals surface area contributed by atoms with Crippen LogP contribution in [0, 0.1) is 0 Å². The molecular formula is C13H23N3O. The minimum atomic E-state index is -0.588. The van der Waals surface area contributed by atoms with Gasteiger partial charge in [-0.15, -0.1) is 5.10 Å². The third kappa shape index (κ3) is 3.14. The topological polar surface area (TPSA) is 47.8 Å². The van der Waals surface area contributed by atoms with Crippen LogP contribution in [0.1, 0.15) is 65.5 Å². The number of carbonyl (C=O) groups excluding carboxylic acids is 1. The summed E-state index contributed by atoms with van der Waals surface area (Å²) < 4.78 is 1.69. The molecule has 0 aromatic carbocycles. The lowest BCUT2D eigenvalue weighted by molar-refractivity contribution is -0.126. The Bertz CT molecular complexity index is 380. The zero-order valence-electron chi connectivity index (χ0n) is 11.5. The van der Waals surface area contributed by atoms with Gasteiger partial charge in [-0.3, -0.25) is 4.79 Å². The van der Waals surface area contributed by atoms with Crippen molar-refractivity contribution in [2.75, 3.05) is 0 Å². The van der Waals surface area contributed by atoms with Crippen LogP contribution in [0.3, 0.4) is 0 Å². The van der Waals surface area contributed by atoms with Crippen LogP contribution >= 0.6 is 0 Å². The molecule has 96 valence electrons. The van der Waals surface area contributed by atoms with Gasteiger partial charge in [0.25, 0.3) is 0 Å². The van der Waals surface area contributed by atoms with E-state index >= 15 is 0 Å². The van der Waals surface area contributed by atoms with E-state index in [4.69, 9.17) is 0 Å². The Morgan fingerprint density at radius 1 is 1.47 bits per heavy atom. The maximum atomic E-state index is 12.1.